The second-order valence-corrected chi connectivity index (χ2v) is 7.68. The number of esters is 1. The molecule has 0 aliphatic heterocycles. The van der Waals surface area contributed by atoms with Crippen molar-refractivity contribution >= 4 is 18.0 Å². The summed E-state index contributed by atoms with van der Waals surface area (Å²) in [5.74, 6) is 0.838. The zero-order valence-electron chi connectivity index (χ0n) is 18.8. The van der Waals surface area contributed by atoms with Crippen LogP contribution in [0.4, 0.5) is 0 Å². The van der Waals surface area contributed by atoms with E-state index in [-0.39, 0.29) is 18.6 Å². The molecule has 0 fully saturated rings. The number of hydrogen-bond acceptors (Lipinski definition) is 5. The molecule has 0 unspecified atom stereocenters. The molecule has 2 aromatic rings. The van der Waals surface area contributed by atoms with Crippen LogP contribution in [-0.4, -0.2) is 32.7 Å². The average Bonchev–Trinajstić information content (AvgIpc) is 2.76. The van der Waals surface area contributed by atoms with E-state index in [2.05, 4.69) is 31.3 Å². The van der Waals surface area contributed by atoms with Crippen LogP contribution >= 0.6 is 0 Å². The Kier molecular flexibility index (Phi) is 9.13. The molecule has 0 spiro atoms. The maximum Gasteiger partial charge on any atom is 0.331 e. The molecule has 0 saturated heterocycles. The molecule has 1 atom stereocenters. The third-order valence-electron chi connectivity index (χ3n) is 4.69. The number of hydrogen-bond donors (Lipinski definition) is 1. The Balaban J connectivity index is 1.84. The zero-order chi connectivity index (χ0) is 22.8. The van der Waals surface area contributed by atoms with Crippen molar-refractivity contribution in [1.82, 2.24) is 5.32 Å². The van der Waals surface area contributed by atoms with Crippen molar-refractivity contribution in [2.24, 2.45) is 5.92 Å². The third-order valence-corrected chi connectivity index (χ3v) is 4.69. The molecular weight excluding hydrogens is 394 g/mol. The first-order valence-corrected chi connectivity index (χ1v) is 10.3. The summed E-state index contributed by atoms with van der Waals surface area (Å²) in [4.78, 5) is 24.1. The molecule has 0 heterocycles. The lowest BCUT2D eigenvalue weighted by molar-refractivity contribution is -0.144. The van der Waals surface area contributed by atoms with E-state index in [0.717, 1.165) is 12.0 Å². The van der Waals surface area contributed by atoms with Gasteiger partial charge in [-0.25, -0.2) is 4.79 Å². The predicted molar refractivity (Wildman–Crippen MR) is 121 cm³/mol. The molecule has 6 heteroatoms. The number of methoxy groups -OCH3 is 2. The van der Waals surface area contributed by atoms with Gasteiger partial charge in [0.15, 0.2) is 6.61 Å². The Morgan fingerprint density at radius 3 is 2.32 bits per heavy atom. The van der Waals surface area contributed by atoms with E-state index in [1.54, 1.807) is 31.4 Å². The highest BCUT2D eigenvalue weighted by Gasteiger charge is 2.12. The molecule has 0 radical (unpaired) electrons. The molecule has 1 amide bonds. The monoisotopic (exact) mass is 425 g/mol. The van der Waals surface area contributed by atoms with Crippen LogP contribution in [-0.2, 0) is 20.7 Å². The van der Waals surface area contributed by atoms with Crippen molar-refractivity contribution in [1.29, 1.82) is 0 Å². The Morgan fingerprint density at radius 2 is 1.71 bits per heavy atom. The number of carbonyl (C=O) groups is 2. The van der Waals surface area contributed by atoms with Crippen molar-refractivity contribution in [3.8, 4) is 11.5 Å². The number of amides is 1. The van der Waals surface area contributed by atoms with Gasteiger partial charge < -0.3 is 19.5 Å². The topological polar surface area (TPSA) is 73.9 Å². The molecule has 166 valence electrons. The van der Waals surface area contributed by atoms with E-state index in [0.29, 0.717) is 23.0 Å². The van der Waals surface area contributed by atoms with Crippen LogP contribution < -0.4 is 14.8 Å². The van der Waals surface area contributed by atoms with Crippen LogP contribution in [0.1, 0.15) is 43.5 Å². The minimum Gasteiger partial charge on any atom is -0.497 e. The van der Waals surface area contributed by atoms with E-state index >= 15 is 0 Å². The zero-order valence-corrected chi connectivity index (χ0v) is 18.8. The summed E-state index contributed by atoms with van der Waals surface area (Å²) in [7, 11) is 3.10. The molecule has 1 N–H and O–H groups in total. The molecule has 0 bridgehead atoms. The van der Waals surface area contributed by atoms with Gasteiger partial charge in [-0.3, -0.25) is 4.79 Å². The highest BCUT2D eigenvalue weighted by molar-refractivity contribution is 5.89. The first kappa shape index (κ1) is 24.0. The van der Waals surface area contributed by atoms with Crippen molar-refractivity contribution < 1.29 is 23.8 Å². The Labute approximate surface area is 184 Å². The molecule has 0 aromatic heterocycles. The van der Waals surface area contributed by atoms with E-state index in [4.69, 9.17) is 14.2 Å². The van der Waals surface area contributed by atoms with Crippen LogP contribution in [0.15, 0.2) is 48.5 Å². The summed E-state index contributed by atoms with van der Waals surface area (Å²) in [5.41, 5.74) is 2.96. The number of carbonyl (C=O) groups excluding carboxylic acids is 2. The lowest BCUT2D eigenvalue weighted by atomic mass is 10.00. The van der Waals surface area contributed by atoms with Crippen molar-refractivity contribution in [2.45, 2.75) is 33.2 Å². The van der Waals surface area contributed by atoms with Gasteiger partial charge in [-0.15, -0.1) is 0 Å². The molecule has 2 aromatic carbocycles. The quantitative estimate of drug-likeness (QED) is 0.453. The minimum absolute atomic E-state index is 0.182. The highest BCUT2D eigenvalue weighted by atomic mass is 16.5. The third kappa shape index (κ3) is 7.81. The lowest BCUT2D eigenvalue weighted by Crippen LogP contribution is -2.30. The first-order valence-electron chi connectivity index (χ1n) is 10.3. The fraction of sp³-hybridized carbons (Fsp3) is 0.360. The summed E-state index contributed by atoms with van der Waals surface area (Å²) < 4.78 is 15.5. The maximum absolute atomic E-state index is 12.1. The van der Waals surface area contributed by atoms with Gasteiger partial charge in [-0.1, -0.05) is 38.1 Å². The number of nitrogens with one attached hydrogen (secondary N) is 1. The van der Waals surface area contributed by atoms with Crippen LogP contribution in [0.2, 0.25) is 0 Å². The summed E-state index contributed by atoms with van der Waals surface area (Å²) in [6.07, 6.45) is 3.85. The maximum atomic E-state index is 12.1. The normalized spacial score (nSPS) is 11.9. The minimum atomic E-state index is -0.612. The molecule has 0 aliphatic rings. The van der Waals surface area contributed by atoms with Gasteiger partial charge in [-0.05, 0) is 48.6 Å². The number of ether oxygens (including phenoxy) is 3. The molecular formula is C25H31NO5. The van der Waals surface area contributed by atoms with Crippen molar-refractivity contribution in [3.63, 3.8) is 0 Å². The fourth-order valence-electron chi connectivity index (χ4n) is 3.08. The first-order chi connectivity index (χ1) is 14.8. The Morgan fingerprint density at radius 1 is 1.00 bits per heavy atom. The predicted octanol–water partition coefficient (Wildman–Crippen LogP) is 4.34. The Bertz CT molecular complexity index is 903. The van der Waals surface area contributed by atoms with E-state index in [9.17, 15) is 9.59 Å². The van der Waals surface area contributed by atoms with Gasteiger partial charge in [0.25, 0.3) is 5.91 Å². The van der Waals surface area contributed by atoms with Crippen LogP contribution in [0.25, 0.3) is 6.08 Å². The molecule has 6 nitrogen and oxygen atoms in total. The standard InChI is InChI=1S/C25H31NO5/c1-17(2)14-19-6-8-20(9-7-19)18(3)26-24(27)16-31-25(28)13-11-21-10-12-22(29-4)15-23(21)30-5/h6-13,15,17-18H,14,16H2,1-5H3,(H,26,27)/b13-11+/t18-/m1/s1. The van der Waals surface area contributed by atoms with Crippen LogP contribution in [0.5, 0.6) is 11.5 Å². The van der Waals surface area contributed by atoms with Gasteiger partial charge >= 0.3 is 5.97 Å². The molecule has 2 rings (SSSR count). The lowest BCUT2D eigenvalue weighted by Gasteiger charge is -2.15. The SMILES string of the molecule is COc1ccc(/C=C/C(=O)OCC(=O)N[C@H](C)c2ccc(CC(C)C)cc2)c(OC)c1. The van der Waals surface area contributed by atoms with Gasteiger partial charge in [0, 0.05) is 17.7 Å². The Hall–Kier alpha value is -3.28. The van der Waals surface area contributed by atoms with Gasteiger partial charge in [0.2, 0.25) is 0 Å². The molecule has 0 aliphatic carbocycles. The number of benzene rings is 2. The van der Waals surface area contributed by atoms with Crippen molar-refractivity contribution in [2.75, 3.05) is 20.8 Å². The van der Waals surface area contributed by atoms with E-state index < -0.39 is 5.97 Å². The fourth-order valence-corrected chi connectivity index (χ4v) is 3.08. The molecule has 31 heavy (non-hydrogen) atoms. The second-order valence-electron chi connectivity index (χ2n) is 7.68. The number of rotatable bonds is 10. The average molecular weight is 426 g/mol. The molecule has 0 saturated carbocycles. The summed E-state index contributed by atoms with van der Waals surface area (Å²) in [5, 5.41) is 2.84. The van der Waals surface area contributed by atoms with Gasteiger partial charge in [-0.2, -0.15) is 0 Å². The van der Waals surface area contributed by atoms with Gasteiger partial charge in [0.1, 0.15) is 11.5 Å². The summed E-state index contributed by atoms with van der Waals surface area (Å²) in [6, 6.07) is 13.2. The van der Waals surface area contributed by atoms with E-state index in [1.807, 2.05) is 19.1 Å². The summed E-state index contributed by atoms with van der Waals surface area (Å²) >= 11 is 0. The van der Waals surface area contributed by atoms with Crippen LogP contribution in [0.3, 0.4) is 0 Å². The van der Waals surface area contributed by atoms with Gasteiger partial charge in [0.05, 0.1) is 20.3 Å². The second kappa shape index (κ2) is 11.8. The summed E-state index contributed by atoms with van der Waals surface area (Å²) in [6.45, 7) is 5.91. The largest absolute Gasteiger partial charge is 0.497 e. The van der Waals surface area contributed by atoms with E-state index in [1.165, 1.54) is 18.7 Å². The van der Waals surface area contributed by atoms with Crippen molar-refractivity contribution in [3.05, 3.63) is 65.2 Å². The smallest absolute Gasteiger partial charge is 0.331 e. The highest BCUT2D eigenvalue weighted by Crippen LogP contribution is 2.25. The van der Waals surface area contributed by atoms with Crippen LogP contribution in [0, 0.1) is 5.92 Å².